The highest BCUT2D eigenvalue weighted by Crippen LogP contribution is 1.93. The SMILES string of the molecule is CCNC(=O)C(C)NCCn1ccnc1C. The molecule has 90 valence electrons. The molecule has 0 spiro atoms. The van der Waals surface area contributed by atoms with Crippen LogP contribution in [0.25, 0.3) is 0 Å². The highest BCUT2D eigenvalue weighted by atomic mass is 16.2. The number of carbonyl (C=O) groups excluding carboxylic acids is 1. The Bertz CT molecular complexity index is 334. The average molecular weight is 224 g/mol. The maximum atomic E-state index is 11.4. The van der Waals surface area contributed by atoms with Crippen molar-refractivity contribution in [1.29, 1.82) is 0 Å². The molecular weight excluding hydrogens is 204 g/mol. The van der Waals surface area contributed by atoms with Gasteiger partial charge in [-0.3, -0.25) is 4.79 Å². The third-order valence-corrected chi connectivity index (χ3v) is 2.47. The lowest BCUT2D eigenvalue weighted by Crippen LogP contribution is -2.43. The minimum atomic E-state index is -0.149. The minimum Gasteiger partial charge on any atom is -0.355 e. The molecule has 5 nitrogen and oxygen atoms in total. The van der Waals surface area contributed by atoms with Gasteiger partial charge in [-0.2, -0.15) is 0 Å². The minimum absolute atomic E-state index is 0.0462. The number of nitrogens with one attached hydrogen (secondary N) is 2. The summed E-state index contributed by atoms with van der Waals surface area (Å²) in [7, 11) is 0. The summed E-state index contributed by atoms with van der Waals surface area (Å²) in [6.07, 6.45) is 3.72. The summed E-state index contributed by atoms with van der Waals surface area (Å²) < 4.78 is 2.05. The molecule has 1 heterocycles. The molecule has 1 amide bonds. The molecular formula is C11H20N4O. The molecule has 0 radical (unpaired) electrons. The fourth-order valence-electron chi connectivity index (χ4n) is 1.46. The van der Waals surface area contributed by atoms with Gasteiger partial charge in [-0.1, -0.05) is 0 Å². The number of aromatic nitrogens is 2. The van der Waals surface area contributed by atoms with Crippen LogP contribution in [-0.4, -0.2) is 34.6 Å². The van der Waals surface area contributed by atoms with Crippen LogP contribution in [0.15, 0.2) is 12.4 Å². The Morgan fingerprint density at radius 2 is 2.38 bits per heavy atom. The lowest BCUT2D eigenvalue weighted by atomic mass is 10.3. The van der Waals surface area contributed by atoms with Crippen molar-refractivity contribution in [3.8, 4) is 0 Å². The largest absolute Gasteiger partial charge is 0.355 e. The molecule has 0 aliphatic carbocycles. The molecule has 0 bridgehead atoms. The first-order chi connectivity index (χ1) is 7.65. The van der Waals surface area contributed by atoms with Gasteiger partial charge < -0.3 is 15.2 Å². The Kier molecular flexibility index (Phi) is 4.98. The van der Waals surface area contributed by atoms with E-state index < -0.39 is 0 Å². The fourth-order valence-corrected chi connectivity index (χ4v) is 1.46. The first-order valence-electron chi connectivity index (χ1n) is 5.64. The van der Waals surface area contributed by atoms with E-state index in [0.717, 1.165) is 18.9 Å². The van der Waals surface area contributed by atoms with Crippen LogP contribution < -0.4 is 10.6 Å². The summed E-state index contributed by atoms with van der Waals surface area (Å²) in [6, 6.07) is -0.149. The molecule has 0 aliphatic rings. The van der Waals surface area contributed by atoms with E-state index >= 15 is 0 Å². The van der Waals surface area contributed by atoms with E-state index in [2.05, 4.69) is 20.2 Å². The molecule has 1 aromatic heterocycles. The van der Waals surface area contributed by atoms with E-state index in [0.29, 0.717) is 6.54 Å². The highest BCUT2D eigenvalue weighted by Gasteiger charge is 2.09. The maximum absolute atomic E-state index is 11.4. The molecule has 5 heteroatoms. The lowest BCUT2D eigenvalue weighted by molar-refractivity contribution is -0.122. The normalized spacial score (nSPS) is 12.4. The van der Waals surface area contributed by atoms with E-state index in [9.17, 15) is 4.79 Å². The summed E-state index contributed by atoms with van der Waals surface area (Å²) in [5.74, 6) is 1.04. The molecule has 0 aliphatic heterocycles. The standard InChI is InChI=1S/C11H20N4O/c1-4-12-11(16)9(2)13-5-7-15-8-6-14-10(15)3/h6,8-9,13H,4-5,7H2,1-3H3,(H,12,16). The lowest BCUT2D eigenvalue weighted by Gasteiger charge is -2.13. The molecule has 0 saturated heterocycles. The summed E-state index contributed by atoms with van der Waals surface area (Å²) in [5.41, 5.74) is 0. The predicted molar refractivity (Wildman–Crippen MR) is 63.1 cm³/mol. The van der Waals surface area contributed by atoms with E-state index in [-0.39, 0.29) is 11.9 Å². The van der Waals surface area contributed by atoms with E-state index in [1.54, 1.807) is 6.20 Å². The summed E-state index contributed by atoms with van der Waals surface area (Å²) >= 11 is 0. The zero-order chi connectivity index (χ0) is 12.0. The summed E-state index contributed by atoms with van der Waals surface area (Å²) in [5, 5.41) is 5.95. The molecule has 1 atom stereocenters. The number of aryl methyl sites for hydroxylation is 1. The van der Waals surface area contributed by atoms with Crippen molar-refractivity contribution in [3.05, 3.63) is 18.2 Å². The monoisotopic (exact) mass is 224 g/mol. The van der Waals surface area contributed by atoms with Crippen molar-refractivity contribution in [2.75, 3.05) is 13.1 Å². The topological polar surface area (TPSA) is 59.0 Å². The van der Waals surface area contributed by atoms with Crippen molar-refractivity contribution in [2.45, 2.75) is 33.4 Å². The number of likely N-dealkylation sites (N-methyl/N-ethyl adjacent to an activating group) is 1. The number of hydrogen-bond acceptors (Lipinski definition) is 3. The van der Waals surface area contributed by atoms with Crippen molar-refractivity contribution >= 4 is 5.91 Å². The second kappa shape index (κ2) is 6.27. The van der Waals surface area contributed by atoms with E-state index in [1.165, 1.54) is 0 Å². The Labute approximate surface area is 96.3 Å². The Morgan fingerprint density at radius 1 is 1.62 bits per heavy atom. The third kappa shape index (κ3) is 3.66. The van der Waals surface area contributed by atoms with E-state index in [1.807, 2.05) is 27.0 Å². The van der Waals surface area contributed by atoms with Crippen molar-refractivity contribution in [3.63, 3.8) is 0 Å². The second-order valence-electron chi connectivity index (χ2n) is 3.74. The first kappa shape index (κ1) is 12.7. The summed E-state index contributed by atoms with van der Waals surface area (Å²) in [4.78, 5) is 15.5. The number of amides is 1. The number of hydrogen-bond donors (Lipinski definition) is 2. The smallest absolute Gasteiger partial charge is 0.236 e. The van der Waals surface area contributed by atoms with Gasteiger partial charge in [0.1, 0.15) is 5.82 Å². The number of nitrogens with zero attached hydrogens (tertiary/aromatic N) is 2. The molecule has 1 unspecified atom stereocenters. The van der Waals surface area contributed by atoms with Crippen LogP contribution in [-0.2, 0) is 11.3 Å². The zero-order valence-electron chi connectivity index (χ0n) is 10.2. The van der Waals surface area contributed by atoms with Gasteiger partial charge in [0.05, 0.1) is 6.04 Å². The summed E-state index contributed by atoms with van der Waals surface area (Å²) in [6.45, 7) is 8.01. The number of carbonyl (C=O) groups is 1. The third-order valence-electron chi connectivity index (χ3n) is 2.47. The average Bonchev–Trinajstić information content (AvgIpc) is 2.65. The Hall–Kier alpha value is -1.36. The first-order valence-corrected chi connectivity index (χ1v) is 5.64. The van der Waals surface area contributed by atoms with E-state index in [4.69, 9.17) is 0 Å². The van der Waals surface area contributed by atoms with Gasteiger partial charge in [-0.25, -0.2) is 4.98 Å². The molecule has 0 fully saturated rings. The Morgan fingerprint density at radius 3 is 2.94 bits per heavy atom. The van der Waals surface area contributed by atoms with Crippen LogP contribution in [0.2, 0.25) is 0 Å². The molecule has 1 aromatic rings. The second-order valence-corrected chi connectivity index (χ2v) is 3.74. The molecule has 0 saturated carbocycles. The number of imidazole rings is 1. The maximum Gasteiger partial charge on any atom is 0.236 e. The predicted octanol–water partition coefficient (Wildman–Crippen LogP) is 0.306. The highest BCUT2D eigenvalue weighted by molar-refractivity contribution is 5.81. The van der Waals surface area contributed by atoms with Gasteiger partial charge in [-0.15, -0.1) is 0 Å². The Balaban J connectivity index is 2.25. The zero-order valence-corrected chi connectivity index (χ0v) is 10.2. The van der Waals surface area contributed by atoms with Crippen molar-refractivity contribution in [2.24, 2.45) is 0 Å². The fraction of sp³-hybridized carbons (Fsp3) is 0.636. The van der Waals surface area contributed by atoms with Gasteiger partial charge in [0.15, 0.2) is 0 Å². The van der Waals surface area contributed by atoms with Crippen LogP contribution in [0, 0.1) is 6.92 Å². The molecule has 16 heavy (non-hydrogen) atoms. The molecule has 0 aromatic carbocycles. The molecule has 2 N–H and O–H groups in total. The van der Waals surface area contributed by atoms with Crippen LogP contribution in [0.4, 0.5) is 0 Å². The van der Waals surface area contributed by atoms with Crippen LogP contribution in [0.1, 0.15) is 19.7 Å². The number of rotatable bonds is 6. The van der Waals surface area contributed by atoms with Crippen LogP contribution in [0.3, 0.4) is 0 Å². The van der Waals surface area contributed by atoms with Gasteiger partial charge in [0.2, 0.25) is 5.91 Å². The van der Waals surface area contributed by atoms with Gasteiger partial charge in [-0.05, 0) is 20.8 Å². The van der Waals surface area contributed by atoms with Crippen molar-refractivity contribution in [1.82, 2.24) is 20.2 Å². The van der Waals surface area contributed by atoms with Crippen LogP contribution in [0.5, 0.6) is 0 Å². The van der Waals surface area contributed by atoms with Gasteiger partial charge in [0.25, 0.3) is 0 Å². The molecule has 1 rings (SSSR count). The van der Waals surface area contributed by atoms with Gasteiger partial charge in [0, 0.05) is 32.0 Å². The van der Waals surface area contributed by atoms with Gasteiger partial charge >= 0.3 is 0 Å². The quantitative estimate of drug-likeness (QED) is 0.731. The van der Waals surface area contributed by atoms with Crippen LogP contribution >= 0.6 is 0 Å². The van der Waals surface area contributed by atoms with Crippen molar-refractivity contribution < 1.29 is 4.79 Å².